The maximum atomic E-state index is 8.56. The first-order valence-electron chi connectivity index (χ1n) is 4.03. The molecule has 0 aromatic carbocycles. The standard InChI is InChI=1S/C7H14O2.CH2O3/c1-6-4-8-7(2,3)9-5-6;2-1(3)4/h6H,4-5H2,1-3H3;(H2,2,3,4). The molecule has 0 amide bonds. The highest BCUT2D eigenvalue weighted by atomic mass is 16.7. The Morgan fingerprint density at radius 2 is 1.62 bits per heavy atom. The number of carbonyl (C=O) groups is 1. The molecule has 0 saturated carbocycles. The molecule has 0 radical (unpaired) electrons. The van der Waals surface area contributed by atoms with Gasteiger partial charge in [-0.2, -0.15) is 0 Å². The van der Waals surface area contributed by atoms with Gasteiger partial charge in [-0.1, -0.05) is 6.92 Å². The molecule has 1 saturated heterocycles. The monoisotopic (exact) mass is 192 g/mol. The molecule has 5 heteroatoms. The Balaban J connectivity index is 0.000000310. The largest absolute Gasteiger partial charge is 0.503 e. The zero-order chi connectivity index (χ0) is 10.5. The van der Waals surface area contributed by atoms with Crippen LogP contribution in [0.15, 0.2) is 0 Å². The summed E-state index contributed by atoms with van der Waals surface area (Å²) in [7, 11) is 0. The molecular weight excluding hydrogens is 176 g/mol. The van der Waals surface area contributed by atoms with Crippen molar-refractivity contribution in [2.45, 2.75) is 26.6 Å². The van der Waals surface area contributed by atoms with E-state index in [1.807, 2.05) is 13.8 Å². The molecule has 0 aromatic heterocycles. The summed E-state index contributed by atoms with van der Waals surface area (Å²) in [6.07, 6.45) is -1.83. The van der Waals surface area contributed by atoms with Crippen molar-refractivity contribution < 1.29 is 24.5 Å². The van der Waals surface area contributed by atoms with E-state index in [0.29, 0.717) is 5.92 Å². The van der Waals surface area contributed by atoms with Crippen LogP contribution < -0.4 is 0 Å². The van der Waals surface area contributed by atoms with Gasteiger partial charge in [-0.15, -0.1) is 0 Å². The fourth-order valence-corrected chi connectivity index (χ4v) is 0.776. The molecule has 0 unspecified atom stereocenters. The lowest BCUT2D eigenvalue weighted by Gasteiger charge is -2.33. The van der Waals surface area contributed by atoms with Crippen molar-refractivity contribution in [3.63, 3.8) is 0 Å². The van der Waals surface area contributed by atoms with E-state index in [1.54, 1.807) is 0 Å². The van der Waals surface area contributed by atoms with Gasteiger partial charge in [0.05, 0.1) is 13.2 Å². The van der Waals surface area contributed by atoms with Crippen molar-refractivity contribution in [2.24, 2.45) is 5.92 Å². The second-order valence-corrected chi connectivity index (χ2v) is 3.41. The van der Waals surface area contributed by atoms with Gasteiger partial charge in [0.1, 0.15) is 0 Å². The first kappa shape index (κ1) is 12.2. The summed E-state index contributed by atoms with van der Waals surface area (Å²) in [4.78, 5) is 8.56. The van der Waals surface area contributed by atoms with Crippen molar-refractivity contribution in [1.82, 2.24) is 0 Å². The molecule has 5 nitrogen and oxygen atoms in total. The van der Waals surface area contributed by atoms with Crippen molar-refractivity contribution in [1.29, 1.82) is 0 Å². The third-order valence-electron chi connectivity index (χ3n) is 1.43. The smallest absolute Gasteiger partial charge is 0.450 e. The van der Waals surface area contributed by atoms with E-state index in [-0.39, 0.29) is 5.79 Å². The van der Waals surface area contributed by atoms with Gasteiger partial charge in [0.25, 0.3) is 0 Å². The van der Waals surface area contributed by atoms with Gasteiger partial charge in [-0.3, -0.25) is 0 Å². The lowest BCUT2D eigenvalue weighted by atomic mass is 10.2. The Kier molecular flexibility index (Phi) is 4.72. The Morgan fingerprint density at radius 3 is 1.85 bits per heavy atom. The van der Waals surface area contributed by atoms with Crippen molar-refractivity contribution in [3.05, 3.63) is 0 Å². The van der Waals surface area contributed by atoms with Gasteiger partial charge in [0.15, 0.2) is 5.79 Å². The maximum absolute atomic E-state index is 8.56. The van der Waals surface area contributed by atoms with Crippen LogP contribution in [0.4, 0.5) is 4.79 Å². The van der Waals surface area contributed by atoms with Crippen LogP contribution in [-0.2, 0) is 9.47 Å². The normalized spacial score (nSPS) is 21.5. The highest BCUT2D eigenvalue weighted by Crippen LogP contribution is 2.19. The van der Waals surface area contributed by atoms with Gasteiger partial charge in [0, 0.05) is 5.92 Å². The molecule has 0 spiro atoms. The number of carboxylic acid groups (broad SMARTS) is 2. The molecule has 1 fully saturated rings. The summed E-state index contributed by atoms with van der Waals surface area (Å²) in [5.41, 5.74) is 0. The molecule has 1 rings (SSSR count). The zero-order valence-electron chi connectivity index (χ0n) is 8.11. The quantitative estimate of drug-likeness (QED) is 0.610. The predicted molar refractivity (Wildman–Crippen MR) is 45.8 cm³/mol. The van der Waals surface area contributed by atoms with Gasteiger partial charge < -0.3 is 19.7 Å². The Bertz CT molecular complexity index is 152. The predicted octanol–water partition coefficient (Wildman–Crippen LogP) is 1.63. The summed E-state index contributed by atoms with van der Waals surface area (Å²) in [6.45, 7) is 7.66. The van der Waals surface area contributed by atoms with E-state index >= 15 is 0 Å². The van der Waals surface area contributed by atoms with Gasteiger partial charge >= 0.3 is 6.16 Å². The Labute approximate surface area is 77.3 Å². The van der Waals surface area contributed by atoms with Crippen molar-refractivity contribution >= 4 is 6.16 Å². The number of hydrogen-bond donors (Lipinski definition) is 2. The SMILES string of the molecule is CC1COC(C)(C)OC1.O=C(O)O. The average molecular weight is 192 g/mol. The second-order valence-electron chi connectivity index (χ2n) is 3.41. The molecule has 1 heterocycles. The molecule has 78 valence electrons. The fraction of sp³-hybridized carbons (Fsp3) is 0.875. The highest BCUT2D eigenvalue weighted by molar-refractivity contribution is 5.53. The van der Waals surface area contributed by atoms with E-state index in [0.717, 1.165) is 13.2 Å². The minimum atomic E-state index is -1.83. The number of rotatable bonds is 0. The van der Waals surface area contributed by atoms with E-state index < -0.39 is 6.16 Å². The fourth-order valence-electron chi connectivity index (χ4n) is 0.776. The van der Waals surface area contributed by atoms with Crippen LogP contribution in [0.25, 0.3) is 0 Å². The Hall–Kier alpha value is -0.810. The van der Waals surface area contributed by atoms with E-state index in [1.165, 1.54) is 0 Å². The molecule has 13 heavy (non-hydrogen) atoms. The summed E-state index contributed by atoms with van der Waals surface area (Å²) in [5.74, 6) is 0.213. The second kappa shape index (κ2) is 5.04. The molecule has 1 aliphatic heterocycles. The average Bonchev–Trinajstić information content (AvgIpc) is 1.95. The minimum absolute atomic E-state index is 0.341. The van der Waals surface area contributed by atoms with E-state index in [2.05, 4.69) is 6.92 Å². The molecule has 0 bridgehead atoms. The summed E-state index contributed by atoms with van der Waals surface area (Å²) < 4.78 is 10.7. The van der Waals surface area contributed by atoms with Crippen LogP contribution >= 0.6 is 0 Å². The lowest BCUT2D eigenvalue weighted by Crippen LogP contribution is -2.38. The van der Waals surface area contributed by atoms with Crippen molar-refractivity contribution in [3.8, 4) is 0 Å². The minimum Gasteiger partial charge on any atom is -0.450 e. The van der Waals surface area contributed by atoms with Crippen LogP contribution in [0.1, 0.15) is 20.8 Å². The number of ether oxygens (including phenoxy) is 2. The maximum Gasteiger partial charge on any atom is 0.503 e. The van der Waals surface area contributed by atoms with Crippen LogP contribution in [0.5, 0.6) is 0 Å². The summed E-state index contributed by atoms with van der Waals surface area (Å²) in [6, 6.07) is 0. The van der Waals surface area contributed by atoms with Crippen LogP contribution in [0.2, 0.25) is 0 Å². The first-order valence-corrected chi connectivity index (χ1v) is 4.03. The first-order chi connectivity index (χ1) is 5.83. The van der Waals surface area contributed by atoms with Crippen LogP contribution in [0.3, 0.4) is 0 Å². The topological polar surface area (TPSA) is 76.0 Å². The van der Waals surface area contributed by atoms with Crippen LogP contribution in [0, 0.1) is 5.92 Å². The third-order valence-corrected chi connectivity index (χ3v) is 1.43. The number of hydrogen-bond acceptors (Lipinski definition) is 3. The van der Waals surface area contributed by atoms with Gasteiger partial charge in [-0.25, -0.2) is 4.79 Å². The zero-order valence-corrected chi connectivity index (χ0v) is 8.11. The molecule has 2 N–H and O–H groups in total. The molecule has 0 aliphatic carbocycles. The molecule has 0 aromatic rings. The summed E-state index contributed by atoms with van der Waals surface area (Å²) in [5, 5.41) is 13.9. The lowest BCUT2D eigenvalue weighted by molar-refractivity contribution is -0.259. The van der Waals surface area contributed by atoms with Gasteiger partial charge in [0.2, 0.25) is 0 Å². The van der Waals surface area contributed by atoms with Gasteiger partial charge in [-0.05, 0) is 13.8 Å². The molecule has 1 aliphatic rings. The van der Waals surface area contributed by atoms with E-state index in [4.69, 9.17) is 24.5 Å². The molecule has 0 atom stereocenters. The van der Waals surface area contributed by atoms with E-state index in [9.17, 15) is 0 Å². The Morgan fingerprint density at radius 1 is 1.31 bits per heavy atom. The molecular formula is C8H16O5. The highest BCUT2D eigenvalue weighted by Gasteiger charge is 2.25. The van der Waals surface area contributed by atoms with Crippen molar-refractivity contribution in [2.75, 3.05) is 13.2 Å². The third kappa shape index (κ3) is 7.55. The van der Waals surface area contributed by atoms with Crippen LogP contribution in [-0.4, -0.2) is 35.4 Å². The summed E-state index contributed by atoms with van der Waals surface area (Å²) >= 11 is 0.